The van der Waals surface area contributed by atoms with Gasteiger partial charge in [-0.1, -0.05) is 77.9 Å². The molecule has 4 aromatic carbocycles. The number of ether oxygens (including phenoxy) is 1. The number of para-hydroxylation sites is 1. The lowest BCUT2D eigenvalue weighted by Gasteiger charge is -2.18. The lowest BCUT2D eigenvalue weighted by atomic mass is 9.91. The third-order valence-electron chi connectivity index (χ3n) is 9.75. The summed E-state index contributed by atoms with van der Waals surface area (Å²) < 4.78 is 11.2. The molecule has 3 heterocycles. The lowest BCUT2D eigenvalue weighted by Crippen LogP contribution is -2.06. The third kappa shape index (κ3) is 5.82. The number of pyridine rings is 1. The number of fused-ring (bicyclic) bond motifs is 3. The maximum atomic E-state index is 6.77. The molecule has 7 rings (SSSR count). The van der Waals surface area contributed by atoms with E-state index in [9.17, 15) is 0 Å². The van der Waals surface area contributed by atoms with E-state index < -0.39 is 0 Å². The Morgan fingerprint density at radius 1 is 0.592 bits per heavy atom. The molecule has 49 heavy (non-hydrogen) atoms. The summed E-state index contributed by atoms with van der Waals surface area (Å²) in [5.41, 5.74) is 13.0. The van der Waals surface area contributed by atoms with Crippen molar-refractivity contribution < 1.29 is 4.74 Å². The number of aromatic nitrogens is 4. The molecule has 0 aliphatic rings. The largest absolute Gasteiger partial charge is 0.457 e. The topological polar surface area (TPSA) is 44.9 Å². The minimum Gasteiger partial charge on any atom is -0.457 e. The van der Waals surface area contributed by atoms with E-state index in [2.05, 4.69) is 163 Å². The summed E-state index contributed by atoms with van der Waals surface area (Å²) in [4.78, 5) is 4.83. The van der Waals surface area contributed by atoms with E-state index in [0.717, 1.165) is 39.7 Å². The molecule has 0 N–H and O–H groups in total. The fraction of sp³-hybridized carbons (Fsp3) is 0.273. The van der Waals surface area contributed by atoms with Crippen LogP contribution in [0.2, 0.25) is 0 Å². The molecule has 0 spiro atoms. The van der Waals surface area contributed by atoms with E-state index >= 15 is 0 Å². The molecule has 0 atom stereocenters. The lowest BCUT2D eigenvalue weighted by molar-refractivity contribution is 0.481. The monoisotopic (exact) mass is 646 g/mol. The highest BCUT2D eigenvalue weighted by Gasteiger charge is 2.24. The molecule has 7 aromatic rings. The molecule has 0 amide bonds. The molecule has 3 aromatic heterocycles. The Bertz CT molecular complexity index is 2320. The Morgan fingerprint density at radius 2 is 1.31 bits per heavy atom. The highest BCUT2D eigenvalue weighted by atomic mass is 16.5. The predicted molar refractivity (Wildman–Crippen MR) is 204 cm³/mol. The van der Waals surface area contributed by atoms with Crippen LogP contribution in [0.1, 0.15) is 92.9 Å². The van der Waals surface area contributed by atoms with Crippen molar-refractivity contribution in [1.29, 1.82) is 0 Å². The quantitative estimate of drug-likeness (QED) is 0.165. The molecule has 0 unspecified atom stereocenters. The van der Waals surface area contributed by atoms with Crippen LogP contribution >= 0.6 is 0 Å². The summed E-state index contributed by atoms with van der Waals surface area (Å²) in [6.07, 6.45) is 1.92. The fourth-order valence-electron chi connectivity index (χ4n) is 7.23. The molecular formula is C44H46N4O. The van der Waals surface area contributed by atoms with Gasteiger partial charge in [0.2, 0.25) is 0 Å². The molecule has 0 aliphatic heterocycles. The van der Waals surface area contributed by atoms with Gasteiger partial charge in [-0.3, -0.25) is 4.57 Å². The maximum Gasteiger partial charge on any atom is 0.137 e. The van der Waals surface area contributed by atoms with E-state index in [0.29, 0.717) is 11.8 Å². The normalized spacial score (nSPS) is 11.9. The fourth-order valence-corrected chi connectivity index (χ4v) is 7.23. The van der Waals surface area contributed by atoms with Gasteiger partial charge in [-0.05, 0) is 109 Å². The van der Waals surface area contributed by atoms with Crippen molar-refractivity contribution in [1.82, 2.24) is 19.3 Å². The second-order valence-electron chi connectivity index (χ2n) is 14.3. The summed E-state index contributed by atoms with van der Waals surface area (Å²) in [6.45, 7) is 19.9. The zero-order valence-corrected chi connectivity index (χ0v) is 30.2. The Hall–Kier alpha value is -5.16. The Labute approximate surface area is 290 Å². The minimum absolute atomic E-state index is 0.259. The van der Waals surface area contributed by atoms with Crippen LogP contribution in [0.15, 0.2) is 97.2 Å². The molecule has 0 bridgehead atoms. The van der Waals surface area contributed by atoms with E-state index in [1.54, 1.807) is 0 Å². The van der Waals surface area contributed by atoms with Gasteiger partial charge in [-0.15, -0.1) is 0 Å². The van der Waals surface area contributed by atoms with Gasteiger partial charge in [0.05, 0.1) is 28.1 Å². The van der Waals surface area contributed by atoms with Gasteiger partial charge in [0, 0.05) is 34.7 Å². The summed E-state index contributed by atoms with van der Waals surface area (Å²) >= 11 is 0. The van der Waals surface area contributed by atoms with Crippen molar-refractivity contribution in [2.24, 2.45) is 0 Å². The smallest absolute Gasteiger partial charge is 0.137 e. The standard InChI is InChI=1S/C44H46N4O/c1-26(2)32-19-20-45-41(23-32)47-39-16-11-10-15-37(39)38-18-17-35(25-40(38)47)49-36-22-33(27(3)4)21-34(24-36)48-44(28(5)6)43(31(9)46-48)42-29(7)13-12-14-30(42)8/h10-28H,1-9H3. The third-order valence-corrected chi connectivity index (χ3v) is 9.75. The van der Waals surface area contributed by atoms with Crippen LogP contribution in [-0.2, 0) is 0 Å². The van der Waals surface area contributed by atoms with Crippen molar-refractivity contribution in [3.05, 3.63) is 131 Å². The maximum absolute atomic E-state index is 6.77. The predicted octanol–water partition coefficient (Wildman–Crippen LogP) is 12.1. The van der Waals surface area contributed by atoms with Crippen molar-refractivity contribution in [3.8, 4) is 34.1 Å². The summed E-state index contributed by atoms with van der Waals surface area (Å²) in [6, 6.07) is 32.3. The zero-order valence-electron chi connectivity index (χ0n) is 30.2. The summed E-state index contributed by atoms with van der Waals surface area (Å²) in [7, 11) is 0. The number of benzene rings is 4. The van der Waals surface area contributed by atoms with Crippen molar-refractivity contribution in [3.63, 3.8) is 0 Å². The molecule has 0 saturated carbocycles. The van der Waals surface area contributed by atoms with Crippen LogP contribution in [0.25, 0.3) is 44.4 Å². The van der Waals surface area contributed by atoms with Crippen LogP contribution < -0.4 is 4.74 Å². The van der Waals surface area contributed by atoms with E-state index in [1.807, 2.05) is 6.20 Å². The van der Waals surface area contributed by atoms with Crippen LogP contribution in [0.5, 0.6) is 11.5 Å². The van der Waals surface area contributed by atoms with Gasteiger partial charge in [-0.25, -0.2) is 9.67 Å². The number of aryl methyl sites for hydroxylation is 3. The number of hydrogen-bond acceptors (Lipinski definition) is 3. The van der Waals surface area contributed by atoms with Crippen molar-refractivity contribution in [2.45, 2.75) is 80.1 Å². The van der Waals surface area contributed by atoms with Crippen molar-refractivity contribution >= 4 is 21.8 Å². The Kier molecular flexibility index (Phi) is 8.40. The molecule has 0 radical (unpaired) electrons. The minimum atomic E-state index is 0.259. The van der Waals surface area contributed by atoms with Gasteiger partial charge >= 0.3 is 0 Å². The molecule has 0 aliphatic carbocycles. The highest BCUT2D eigenvalue weighted by Crippen LogP contribution is 2.40. The Morgan fingerprint density at radius 3 is 2.02 bits per heavy atom. The second kappa shape index (κ2) is 12.7. The van der Waals surface area contributed by atoms with Gasteiger partial charge in [0.25, 0.3) is 0 Å². The average Bonchev–Trinajstić information content (AvgIpc) is 3.59. The molecule has 0 saturated heterocycles. The first kappa shape index (κ1) is 32.4. The van der Waals surface area contributed by atoms with E-state index in [1.165, 1.54) is 49.8 Å². The molecule has 5 heteroatoms. The van der Waals surface area contributed by atoms with Crippen LogP contribution in [0.4, 0.5) is 0 Å². The van der Waals surface area contributed by atoms with E-state index in [-0.39, 0.29) is 5.92 Å². The first-order chi connectivity index (χ1) is 23.5. The van der Waals surface area contributed by atoms with Crippen molar-refractivity contribution in [2.75, 3.05) is 0 Å². The van der Waals surface area contributed by atoms with Crippen LogP contribution in [0.3, 0.4) is 0 Å². The number of nitrogens with zero attached hydrogens (tertiary/aromatic N) is 4. The number of rotatable bonds is 8. The SMILES string of the molecule is Cc1cccc(C)c1-c1c(C)nn(-c2cc(Oc3ccc4c5ccccc5n(-c5cc(C(C)C)ccn5)c4c3)cc(C(C)C)c2)c1C(C)C. The highest BCUT2D eigenvalue weighted by molar-refractivity contribution is 6.09. The molecule has 248 valence electrons. The van der Waals surface area contributed by atoms with Gasteiger partial charge in [0.1, 0.15) is 17.3 Å². The Balaban J connectivity index is 1.37. The first-order valence-electron chi connectivity index (χ1n) is 17.5. The first-order valence-corrected chi connectivity index (χ1v) is 17.5. The number of hydrogen-bond donors (Lipinski definition) is 0. The van der Waals surface area contributed by atoms with E-state index in [4.69, 9.17) is 14.8 Å². The van der Waals surface area contributed by atoms with Crippen LogP contribution in [-0.4, -0.2) is 19.3 Å². The molecule has 0 fully saturated rings. The average molecular weight is 647 g/mol. The van der Waals surface area contributed by atoms with Crippen LogP contribution in [0, 0.1) is 20.8 Å². The second-order valence-corrected chi connectivity index (χ2v) is 14.3. The molecule has 5 nitrogen and oxygen atoms in total. The molecular weight excluding hydrogens is 601 g/mol. The summed E-state index contributed by atoms with van der Waals surface area (Å²) in [5.74, 6) is 3.45. The summed E-state index contributed by atoms with van der Waals surface area (Å²) in [5, 5.41) is 7.55. The zero-order chi connectivity index (χ0) is 34.6. The van der Waals surface area contributed by atoms with Gasteiger partial charge < -0.3 is 4.74 Å². The van der Waals surface area contributed by atoms with Gasteiger partial charge in [-0.2, -0.15) is 5.10 Å². The van der Waals surface area contributed by atoms with Gasteiger partial charge in [0.15, 0.2) is 0 Å².